The number of ether oxygens (including phenoxy) is 3. The lowest BCUT2D eigenvalue weighted by Crippen LogP contribution is -2.34. The van der Waals surface area contributed by atoms with E-state index < -0.39 is 147 Å². The number of aromatic nitrogens is 6. The van der Waals surface area contributed by atoms with E-state index >= 15 is 0 Å². The fourth-order valence-corrected chi connectivity index (χ4v) is 12.7. The maximum atomic E-state index is 13.4. The first-order chi connectivity index (χ1) is 38.0. The number of aryl methyl sites for hydroxylation is 3. The van der Waals surface area contributed by atoms with E-state index in [-0.39, 0.29) is 100 Å². The Balaban J connectivity index is 1.08. The van der Waals surface area contributed by atoms with Crippen LogP contribution in [0, 0.1) is 26.7 Å². The van der Waals surface area contributed by atoms with Crippen molar-refractivity contribution in [2.75, 3.05) is 39.6 Å². The number of phosphoric acid groups is 4. The third-order valence-electron chi connectivity index (χ3n) is 13.1. The predicted molar refractivity (Wildman–Crippen MR) is 272 cm³/mol. The normalized spacial score (nSPS) is 26.1. The fourth-order valence-electron chi connectivity index (χ4n) is 9.07. The van der Waals surface area contributed by atoms with Gasteiger partial charge in [-0.15, -0.1) is 0 Å². The minimum absolute atomic E-state index is 0.0254. The molecule has 3 fully saturated rings. The molecular weight excluding hydrogens is 1160 g/mol. The second kappa shape index (κ2) is 29.4. The molecule has 3 aromatic heterocycles. The molecule has 0 spiro atoms. The molecule has 0 aliphatic carbocycles. The number of aliphatic hydroxyl groups is 1. The van der Waals surface area contributed by atoms with Crippen LogP contribution in [0.4, 0.5) is 0 Å². The molecule has 13 atom stereocenters. The van der Waals surface area contributed by atoms with Gasteiger partial charge in [0.2, 0.25) is 0 Å². The van der Waals surface area contributed by atoms with E-state index in [0.717, 1.165) is 13.7 Å². The van der Waals surface area contributed by atoms with Crippen molar-refractivity contribution in [3.8, 4) is 0 Å². The Hall–Kier alpha value is -3.68. The van der Waals surface area contributed by atoms with Crippen LogP contribution in [-0.2, 0) is 81.8 Å². The van der Waals surface area contributed by atoms with Crippen molar-refractivity contribution in [1.82, 2.24) is 28.7 Å². The highest BCUT2D eigenvalue weighted by Crippen LogP contribution is 2.48. The summed E-state index contributed by atoms with van der Waals surface area (Å²) < 4.78 is 115. The molecule has 0 aromatic carbocycles. The van der Waals surface area contributed by atoms with Gasteiger partial charge in [0.1, 0.15) is 12.3 Å². The average molecular weight is 1230 g/mol. The van der Waals surface area contributed by atoms with Gasteiger partial charge in [0.15, 0.2) is 0 Å². The lowest BCUT2D eigenvalue weighted by Gasteiger charge is -2.30. The third kappa shape index (κ3) is 20.5. The van der Waals surface area contributed by atoms with Gasteiger partial charge in [-0.1, -0.05) is 13.8 Å². The molecule has 32 nitrogen and oxygen atoms in total. The summed E-state index contributed by atoms with van der Waals surface area (Å²) in [6, 6.07) is 0. The number of phosphoric ester groups is 4. The minimum atomic E-state index is -5.28. The van der Waals surface area contributed by atoms with Crippen molar-refractivity contribution in [1.29, 1.82) is 0 Å². The number of rotatable bonds is 33. The smallest absolute Gasteiger partial charge is 0.330 e. The van der Waals surface area contributed by atoms with Crippen LogP contribution < -0.4 is 53.3 Å². The number of nitrogens with zero attached hydrogens (tertiary/aromatic N) is 3. The Morgan fingerprint density at radius 2 is 0.963 bits per heavy atom. The second-order valence-electron chi connectivity index (χ2n) is 20.1. The molecule has 7 unspecified atom stereocenters. The highest BCUT2D eigenvalue weighted by molar-refractivity contribution is 7.46. The van der Waals surface area contributed by atoms with E-state index in [1.165, 1.54) is 39.4 Å². The largest absolute Gasteiger partial charge is 0.756 e. The molecule has 3 saturated heterocycles. The number of hydrogen-bond acceptors (Lipinski definition) is 26. The van der Waals surface area contributed by atoms with E-state index in [9.17, 15) is 66.6 Å². The summed E-state index contributed by atoms with van der Waals surface area (Å²) in [5.41, 5.74) is -3.82. The fraction of sp³-hybridized carbons (Fsp3) is 0.733. The van der Waals surface area contributed by atoms with Crippen molar-refractivity contribution < 1.29 is 93.3 Å². The molecule has 3 aliphatic heterocycles. The number of aromatic amines is 3. The molecule has 6 heterocycles. The molecule has 81 heavy (non-hydrogen) atoms. The number of hydrogen-bond donors (Lipinski definition) is 4. The molecular formula is C45H68N6O26P4-4. The molecule has 36 heteroatoms. The summed E-state index contributed by atoms with van der Waals surface area (Å²) in [6.07, 6.45) is -6.87. The van der Waals surface area contributed by atoms with Crippen LogP contribution in [0.5, 0.6) is 0 Å². The zero-order valence-corrected chi connectivity index (χ0v) is 48.6. The van der Waals surface area contributed by atoms with Crippen molar-refractivity contribution in [2.45, 2.75) is 167 Å². The molecule has 3 aromatic rings. The van der Waals surface area contributed by atoms with Crippen LogP contribution in [0.3, 0.4) is 0 Å². The summed E-state index contributed by atoms with van der Waals surface area (Å²) in [5, 5.41) is 9.05. The van der Waals surface area contributed by atoms with E-state index in [1.54, 1.807) is 0 Å². The predicted octanol–water partition coefficient (Wildman–Crippen LogP) is -0.344. The van der Waals surface area contributed by atoms with Crippen molar-refractivity contribution in [3.05, 3.63) is 97.8 Å². The molecule has 0 amide bonds. The van der Waals surface area contributed by atoms with Crippen LogP contribution in [0.1, 0.15) is 101 Å². The zero-order valence-electron chi connectivity index (χ0n) is 45.0. The first kappa shape index (κ1) is 66.5. The molecule has 4 N–H and O–H groups in total. The Kier molecular flexibility index (Phi) is 24.1. The molecule has 0 saturated carbocycles. The van der Waals surface area contributed by atoms with E-state index in [4.69, 9.17) is 55.5 Å². The van der Waals surface area contributed by atoms with Gasteiger partial charge in [-0.25, -0.2) is 14.4 Å². The molecule has 0 bridgehead atoms. The summed E-state index contributed by atoms with van der Waals surface area (Å²) in [7, 11) is -20.4. The van der Waals surface area contributed by atoms with Gasteiger partial charge in [-0.05, 0) is 71.6 Å². The summed E-state index contributed by atoms with van der Waals surface area (Å²) in [6.45, 7) is 5.03. The van der Waals surface area contributed by atoms with Crippen molar-refractivity contribution in [3.63, 3.8) is 0 Å². The van der Waals surface area contributed by atoms with E-state index in [0.29, 0.717) is 12.8 Å². The van der Waals surface area contributed by atoms with Crippen LogP contribution in [-0.4, -0.2) is 122 Å². The number of H-pyrrole nitrogens is 3. The first-order valence-electron chi connectivity index (χ1n) is 26.0. The number of aliphatic hydroxyl groups excluding tert-OH is 1. The van der Waals surface area contributed by atoms with Crippen LogP contribution in [0.2, 0.25) is 0 Å². The second-order valence-corrected chi connectivity index (χ2v) is 25.6. The SMILES string of the molecule is Cc1cn(C[C@H]2CC(OP(=O)([O-])OCCC[C@H]3O[C@@H](n4cc(C)c(=O)[nH]c4=O)CC3OP(=O)([O-])OCCCO)[C@@H](CCCOP(=O)([O-])OC3C[C@H](Cn4cc(C)c(=O)[nH]c4=O)O[C@@H]3COP(=O)([O-])OCCCC(C)C)O2)c(=O)[nH]c1=O. The van der Waals surface area contributed by atoms with Gasteiger partial charge >= 0.3 is 17.1 Å². The van der Waals surface area contributed by atoms with E-state index in [1.807, 2.05) is 13.8 Å². The summed E-state index contributed by atoms with van der Waals surface area (Å²) >= 11 is 0. The van der Waals surface area contributed by atoms with Gasteiger partial charge in [0, 0.05) is 61.2 Å². The first-order valence-corrected chi connectivity index (χ1v) is 31.9. The highest BCUT2D eigenvalue weighted by atomic mass is 31.2. The van der Waals surface area contributed by atoms with Crippen LogP contribution >= 0.6 is 31.3 Å². The van der Waals surface area contributed by atoms with Gasteiger partial charge in [0.05, 0.1) is 88.9 Å². The van der Waals surface area contributed by atoms with Crippen LogP contribution in [0.25, 0.3) is 0 Å². The molecule has 458 valence electrons. The Labute approximate surface area is 462 Å². The summed E-state index contributed by atoms with van der Waals surface area (Å²) in [5.74, 6) is 0.279. The summed E-state index contributed by atoms with van der Waals surface area (Å²) in [4.78, 5) is 133. The Bertz CT molecular complexity index is 3160. The topological polar surface area (TPSA) is 447 Å². The van der Waals surface area contributed by atoms with Crippen LogP contribution in [0.15, 0.2) is 47.4 Å². The lowest BCUT2D eigenvalue weighted by molar-refractivity contribution is -0.235. The average Bonchev–Trinajstić information content (AvgIpc) is 4.18. The third-order valence-corrected chi connectivity index (χ3v) is 17.1. The molecule has 0 radical (unpaired) electrons. The maximum absolute atomic E-state index is 13.4. The molecule has 6 rings (SSSR count). The lowest BCUT2D eigenvalue weighted by atomic mass is 10.1. The van der Waals surface area contributed by atoms with Gasteiger partial charge in [-0.2, -0.15) is 0 Å². The molecule has 3 aliphatic rings. The van der Waals surface area contributed by atoms with Crippen molar-refractivity contribution >= 4 is 31.3 Å². The highest BCUT2D eigenvalue weighted by Gasteiger charge is 2.42. The van der Waals surface area contributed by atoms with Crippen molar-refractivity contribution in [2.24, 2.45) is 5.92 Å². The Morgan fingerprint density at radius 3 is 1.46 bits per heavy atom. The standard InChI is InChI=1S/C45H72N6O26P4/c1-27(2)10-6-14-67-78(59,60)71-26-38-36(19-32(73-38)25-50-22-29(4)41(54)47-44(50)57)76-80(63,64)69-15-7-11-33-35(18-31(72-33)24-49-21-28(3)40(53)46-43(49)56)75-79(61,62)68-16-8-12-34-37(77-81(65,66)70-17-9-13-52)20-39(74-34)51-23-30(5)42(55)48-45(51)58/h21-23,27,31-39,52H,6-20,24-26H2,1-5H3,(H,59,60)(H,61,62)(H,63,64)(H,65,66)(H,46,53,56)(H,47,54,57)(H,48,55,58)/p-4/t31-,32-,33-,34-,35?,36?,37?,38-,39-/m1/s1. The quantitative estimate of drug-likeness (QED) is 0.0447. The minimum Gasteiger partial charge on any atom is -0.756 e. The zero-order chi connectivity index (χ0) is 59.5. The van der Waals surface area contributed by atoms with Gasteiger partial charge < -0.3 is 75.1 Å². The number of nitrogens with one attached hydrogen (secondary N) is 3. The van der Waals surface area contributed by atoms with Gasteiger partial charge in [0.25, 0.3) is 48.0 Å². The van der Waals surface area contributed by atoms with E-state index in [2.05, 4.69) is 15.0 Å². The van der Waals surface area contributed by atoms with Gasteiger partial charge in [-0.3, -0.25) is 61.3 Å². The maximum Gasteiger partial charge on any atom is 0.330 e. The Morgan fingerprint density at radius 1 is 0.556 bits per heavy atom. The monoisotopic (exact) mass is 1230 g/mol.